The lowest BCUT2D eigenvalue weighted by Crippen LogP contribution is -2.20. The summed E-state index contributed by atoms with van der Waals surface area (Å²) in [5.41, 5.74) is 0. The lowest BCUT2D eigenvalue weighted by Gasteiger charge is -2.11. The molecule has 1 atom stereocenters. The Labute approximate surface area is 113 Å². The standard InChI is InChI=1S/C15H21NO3/c1-12-6-7-15(19-12)13(2)16-8-4-9-17-11-14-5-3-10-18-14/h3,5-7,10,13,16H,4,8-9,11H2,1-2H3. The van der Waals surface area contributed by atoms with Gasteiger partial charge in [0.1, 0.15) is 23.9 Å². The van der Waals surface area contributed by atoms with Gasteiger partial charge in [0.15, 0.2) is 0 Å². The summed E-state index contributed by atoms with van der Waals surface area (Å²) in [6, 6.07) is 8.02. The second-order valence-electron chi connectivity index (χ2n) is 4.61. The monoisotopic (exact) mass is 263 g/mol. The van der Waals surface area contributed by atoms with Crippen molar-refractivity contribution in [3.8, 4) is 0 Å². The van der Waals surface area contributed by atoms with E-state index in [1.165, 1.54) is 0 Å². The van der Waals surface area contributed by atoms with Crippen molar-refractivity contribution in [3.63, 3.8) is 0 Å². The molecule has 0 aliphatic carbocycles. The van der Waals surface area contributed by atoms with E-state index >= 15 is 0 Å². The predicted molar refractivity (Wildman–Crippen MR) is 72.8 cm³/mol. The summed E-state index contributed by atoms with van der Waals surface area (Å²) < 4.78 is 16.3. The summed E-state index contributed by atoms with van der Waals surface area (Å²) >= 11 is 0. The van der Waals surface area contributed by atoms with E-state index < -0.39 is 0 Å². The molecular formula is C15H21NO3. The van der Waals surface area contributed by atoms with Gasteiger partial charge in [-0.05, 0) is 51.1 Å². The normalized spacial score (nSPS) is 12.7. The summed E-state index contributed by atoms with van der Waals surface area (Å²) in [7, 11) is 0. The second-order valence-corrected chi connectivity index (χ2v) is 4.61. The SMILES string of the molecule is Cc1ccc(C(C)NCCCOCc2ccco2)o1. The Morgan fingerprint density at radius 1 is 1.32 bits per heavy atom. The molecule has 0 saturated heterocycles. The van der Waals surface area contributed by atoms with Gasteiger partial charge < -0.3 is 18.9 Å². The molecule has 0 bridgehead atoms. The first-order valence-corrected chi connectivity index (χ1v) is 6.65. The Kier molecular flexibility index (Phi) is 5.24. The van der Waals surface area contributed by atoms with E-state index in [1.54, 1.807) is 6.26 Å². The van der Waals surface area contributed by atoms with Gasteiger partial charge in [-0.2, -0.15) is 0 Å². The molecule has 0 spiro atoms. The molecule has 0 aliphatic rings. The van der Waals surface area contributed by atoms with Crippen molar-refractivity contribution in [2.24, 2.45) is 0 Å². The molecule has 2 rings (SSSR count). The minimum atomic E-state index is 0.235. The fraction of sp³-hybridized carbons (Fsp3) is 0.467. The van der Waals surface area contributed by atoms with Gasteiger partial charge in [-0.1, -0.05) is 0 Å². The summed E-state index contributed by atoms with van der Waals surface area (Å²) in [4.78, 5) is 0. The first-order chi connectivity index (χ1) is 9.25. The highest BCUT2D eigenvalue weighted by atomic mass is 16.5. The minimum Gasteiger partial charge on any atom is -0.467 e. The molecule has 0 aromatic carbocycles. The molecule has 0 aliphatic heterocycles. The van der Waals surface area contributed by atoms with Crippen LogP contribution < -0.4 is 5.32 Å². The number of aryl methyl sites for hydroxylation is 1. The molecular weight excluding hydrogens is 242 g/mol. The number of furan rings is 2. The van der Waals surface area contributed by atoms with Crippen molar-refractivity contribution in [2.75, 3.05) is 13.2 Å². The molecule has 2 aromatic heterocycles. The van der Waals surface area contributed by atoms with Crippen LogP contribution in [-0.2, 0) is 11.3 Å². The number of hydrogen-bond acceptors (Lipinski definition) is 4. The zero-order chi connectivity index (χ0) is 13.5. The maximum Gasteiger partial charge on any atom is 0.129 e. The average molecular weight is 263 g/mol. The van der Waals surface area contributed by atoms with E-state index in [-0.39, 0.29) is 6.04 Å². The van der Waals surface area contributed by atoms with Crippen LogP contribution in [0.2, 0.25) is 0 Å². The Morgan fingerprint density at radius 3 is 2.89 bits per heavy atom. The van der Waals surface area contributed by atoms with Gasteiger partial charge in [-0.3, -0.25) is 0 Å². The Hall–Kier alpha value is -1.52. The Balaban J connectivity index is 1.54. The summed E-state index contributed by atoms with van der Waals surface area (Å²) in [6.45, 7) is 6.22. The first kappa shape index (κ1) is 13.9. The number of hydrogen-bond donors (Lipinski definition) is 1. The topological polar surface area (TPSA) is 47.5 Å². The maximum absolute atomic E-state index is 5.57. The number of nitrogens with one attached hydrogen (secondary N) is 1. The van der Waals surface area contributed by atoms with Crippen molar-refractivity contribution in [1.29, 1.82) is 0 Å². The smallest absolute Gasteiger partial charge is 0.129 e. The predicted octanol–water partition coefficient (Wildman–Crippen LogP) is 3.44. The van der Waals surface area contributed by atoms with Gasteiger partial charge in [-0.25, -0.2) is 0 Å². The van der Waals surface area contributed by atoms with E-state index in [1.807, 2.05) is 31.2 Å². The third-order valence-electron chi connectivity index (χ3n) is 2.93. The largest absolute Gasteiger partial charge is 0.467 e. The van der Waals surface area contributed by atoms with E-state index in [0.29, 0.717) is 6.61 Å². The quantitative estimate of drug-likeness (QED) is 0.741. The van der Waals surface area contributed by atoms with E-state index in [4.69, 9.17) is 13.6 Å². The van der Waals surface area contributed by atoms with Crippen LogP contribution in [0.3, 0.4) is 0 Å². The molecule has 1 N–H and O–H groups in total. The van der Waals surface area contributed by atoms with Gasteiger partial charge in [-0.15, -0.1) is 0 Å². The number of ether oxygens (including phenoxy) is 1. The first-order valence-electron chi connectivity index (χ1n) is 6.65. The van der Waals surface area contributed by atoms with E-state index in [2.05, 4.69) is 12.2 Å². The van der Waals surface area contributed by atoms with Crippen LogP contribution in [0.5, 0.6) is 0 Å². The molecule has 1 unspecified atom stereocenters. The van der Waals surface area contributed by atoms with Gasteiger partial charge >= 0.3 is 0 Å². The fourth-order valence-electron chi connectivity index (χ4n) is 1.85. The van der Waals surface area contributed by atoms with Crippen molar-refractivity contribution >= 4 is 0 Å². The summed E-state index contributed by atoms with van der Waals surface area (Å²) in [6.07, 6.45) is 2.62. The zero-order valence-corrected chi connectivity index (χ0v) is 11.5. The van der Waals surface area contributed by atoms with Crippen molar-refractivity contribution in [2.45, 2.75) is 32.9 Å². The molecule has 2 aromatic rings. The highest BCUT2D eigenvalue weighted by Crippen LogP contribution is 2.15. The lowest BCUT2D eigenvalue weighted by molar-refractivity contribution is 0.103. The van der Waals surface area contributed by atoms with Crippen LogP contribution in [0.25, 0.3) is 0 Å². The van der Waals surface area contributed by atoms with Crippen LogP contribution in [0.15, 0.2) is 39.4 Å². The van der Waals surface area contributed by atoms with E-state index in [9.17, 15) is 0 Å². The summed E-state index contributed by atoms with van der Waals surface area (Å²) in [5, 5.41) is 3.41. The molecule has 0 fully saturated rings. The van der Waals surface area contributed by atoms with Gasteiger partial charge in [0, 0.05) is 6.61 Å². The van der Waals surface area contributed by atoms with Crippen LogP contribution in [0.1, 0.15) is 36.7 Å². The van der Waals surface area contributed by atoms with Crippen LogP contribution in [0.4, 0.5) is 0 Å². The molecule has 104 valence electrons. The zero-order valence-electron chi connectivity index (χ0n) is 11.5. The molecule has 19 heavy (non-hydrogen) atoms. The van der Waals surface area contributed by atoms with Crippen molar-refractivity contribution < 1.29 is 13.6 Å². The third-order valence-corrected chi connectivity index (χ3v) is 2.93. The molecule has 0 amide bonds. The Morgan fingerprint density at radius 2 is 2.21 bits per heavy atom. The fourth-order valence-corrected chi connectivity index (χ4v) is 1.85. The van der Waals surface area contributed by atoms with Gasteiger partial charge in [0.25, 0.3) is 0 Å². The van der Waals surface area contributed by atoms with Crippen molar-refractivity contribution in [1.82, 2.24) is 5.32 Å². The maximum atomic E-state index is 5.57. The second kappa shape index (κ2) is 7.16. The molecule has 2 heterocycles. The summed E-state index contributed by atoms with van der Waals surface area (Å²) in [5.74, 6) is 2.80. The molecule has 0 radical (unpaired) electrons. The van der Waals surface area contributed by atoms with Crippen molar-refractivity contribution in [3.05, 3.63) is 47.8 Å². The van der Waals surface area contributed by atoms with Crippen LogP contribution in [0, 0.1) is 6.92 Å². The molecule has 4 heteroatoms. The average Bonchev–Trinajstić information content (AvgIpc) is 3.04. The lowest BCUT2D eigenvalue weighted by atomic mass is 10.2. The Bertz CT molecular complexity index is 461. The number of rotatable bonds is 8. The molecule has 0 saturated carbocycles. The van der Waals surface area contributed by atoms with E-state index in [0.717, 1.165) is 36.9 Å². The third kappa shape index (κ3) is 4.58. The van der Waals surface area contributed by atoms with Crippen LogP contribution in [-0.4, -0.2) is 13.2 Å². The van der Waals surface area contributed by atoms with Gasteiger partial charge in [0.2, 0.25) is 0 Å². The highest BCUT2D eigenvalue weighted by Gasteiger charge is 2.07. The van der Waals surface area contributed by atoms with Gasteiger partial charge in [0.05, 0.1) is 12.3 Å². The molecule has 4 nitrogen and oxygen atoms in total. The minimum absolute atomic E-state index is 0.235. The highest BCUT2D eigenvalue weighted by molar-refractivity contribution is 5.08. The van der Waals surface area contributed by atoms with Crippen LogP contribution >= 0.6 is 0 Å².